The first kappa shape index (κ1) is 13.7. The number of anilines is 1. The molecule has 0 aromatic heterocycles. The van der Waals surface area contributed by atoms with Crippen LogP contribution >= 0.6 is 11.8 Å². The lowest BCUT2D eigenvalue weighted by atomic mass is 10.3. The highest BCUT2D eigenvalue weighted by Gasteiger charge is 2.11. The van der Waals surface area contributed by atoms with Crippen molar-refractivity contribution in [1.82, 2.24) is 10.2 Å². The zero-order valence-electron chi connectivity index (χ0n) is 11.4. The summed E-state index contributed by atoms with van der Waals surface area (Å²) in [7, 11) is 2.17. The third-order valence-corrected chi connectivity index (χ3v) is 4.10. The van der Waals surface area contributed by atoms with Gasteiger partial charge in [-0.25, -0.2) is 0 Å². The average Bonchev–Trinajstić information content (AvgIpc) is 2.41. The Morgan fingerprint density at radius 3 is 2.50 bits per heavy atom. The third-order valence-electron chi connectivity index (χ3n) is 3.21. The van der Waals surface area contributed by atoms with Gasteiger partial charge in [-0.3, -0.25) is 4.90 Å². The fourth-order valence-corrected chi connectivity index (χ4v) is 2.86. The first-order valence-corrected chi connectivity index (χ1v) is 7.65. The topological polar surface area (TPSA) is 18.5 Å². The van der Waals surface area contributed by atoms with E-state index in [4.69, 9.17) is 0 Å². The van der Waals surface area contributed by atoms with Crippen LogP contribution < -0.4 is 10.2 Å². The Hall–Kier alpha value is -0.710. The van der Waals surface area contributed by atoms with Gasteiger partial charge in [-0.2, -0.15) is 0 Å². The molecule has 1 fully saturated rings. The second-order valence-corrected chi connectivity index (χ2v) is 5.97. The van der Waals surface area contributed by atoms with E-state index >= 15 is 0 Å². The highest BCUT2D eigenvalue weighted by Crippen LogP contribution is 2.21. The van der Waals surface area contributed by atoms with Crippen LogP contribution in [0.1, 0.15) is 6.92 Å². The van der Waals surface area contributed by atoms with Gasteiger partial charge >= 0.3 is 0 Å². The molecular weight excluding hydrogens is 242 g/mol. The molecule has 1 aromatic rings. The summed E-state index contributed by atoms with van der Waals surface area (Å²) in [5.74, 6) is 1.13. The molecule has 0 atom stereocenters. The molecule has 1 heterocycles. The fourth-order valence-electron chi connectivity index (χ4n) is 2.20. The van der Waals surface area contributed by atoms with Crippen LogP contribution in [0.3, 0.4) is 0 Å². The van der Waals surface area contributed by atoms with Gasteiger partial charge in [-0.1, -0.05) is 6.92 Å². The molecule has 0 amide bonds. The molecule has 0 spiro atoms. The lowest BCUT2D eigenvalue weighted by Gasteiger charge is -2.32. The van der Waals surface area contributed by atoms with E-state index in [1.165, 1.54) is 10.6 Å². The number of thioether (sulfide) groups is 1. The summed E-state index contributed by atoms with van der Waals surface area (Å²) in [5.41, 5.74) is 1.30. The van der Waals surface area contributed by atoms with Crippen molar-refractivity contribution >= 4 is 17.4 Å². The number of hydrogen-bond donors (Lipinski definition) is 1. The molecule has 1 saturated heterocycles. The van der Waals surface area contributed by atoms with Gasteiger partial charge in [0.05, 0.1) is 6.67 Å². The van der Waals surface area contributed by atoms with E-state index in [9.17, 15) is 0 Å². The Labute approximate surface area is 115 Å². The minimum atomic E-state index is 1.02. The van der Waals surface area contributed by atoms with Crippen LogP contribution in [0.15, 0.2) is 29.2 Å². The molecule has 0 unspecified atom stereocenters. The van der Waals surface area contributed by atoms with Gasteiger partial charge < -0.3 is 10.2 Å². The zero-order chi connectivity index (χ0) is 12.8. The predicted octanol–water partition coefficient (Wildman–Crippen LogP) is 2.10. The van der Waals surface area contributed by atoms with Crippen LogP contribution in [-0.2, 0) is 0 Å². The molecule has 1 aromatic carbocycles. The van der Waals surface area contributed by atoms with Crippen LogP contribution in [0, 0.1) is 0 Å². The van der Waals surface area contributed by atoms with Crippen molar-refractivity contribution in [2.24, 2.45) is 0 Å². The van der Waals surface area contributed by atoms with Crippen molar-refractivity contribution < 1.29 is 0 Å². The number of nitrogens with zero attached hydrogens (tertiary/aromatic N) is 2. The van der Waals surface area contributed by atoms with Gasteiger partial charge in [0.1, 0.15) is 0 Å². The van der Waals surface area contributed by atoms with Crippen molar-refractivity contribution in [2.45, 2.75) is 11.8 Å². The van der Waals surface area contributed by atoms with E-state index in [2.05, 4.69) is 53.4 Å². The molecule has 0 bridgehead atoms. The molecule has 1 aliphatic rings. The molecule has 1 N–H and O–H groups in total. The molecular formula is C14H23N3S. The van der Waals surface area contributed by atoms with E-state index in [0.29, 0.717) is 0 Å². The average molecular weight is 265 g/mol. The molecule has 100 valence electrons. The van der Waals surface area contributed by atoms with Crippen LogP contribution in [0.2, 0.25) is 0 Å². The smallest absolute Gasteiger partial charge is 0.0704 e. The minimum Gasteiger partial charge on any atom is -0.362 e. The van der Waals surface area contributed by atoms with Crippen LogP contribution in [-0.4, -0.2) is 50.5 Å². The Bertz CT molecular complexity index is 347. The molecule has 0 radical (unpaired) electrons. The normalized spacial score (nSPS) is 16.8. The van der Waals surface area contributed by atoms with Crippen LogP contribution in [0.4, 0.5) is 5.69 Å². The van der Waals surface area contributed by atoms with Crippen molar-refractivity contribution in [3.05, 3.63) is 24.3 Å². The van der Waals surface area contributed by atoms with E-state index in [1.54, 1.807) is 0 Å². The highest BCUT2D eigenvalue weighted by atomic mass is 32.2. The van der Waals surface area contributed by atoms with E-state index in [-0.39, 0.29) is 0 Å². The van der Waals surface area contributed by atoms with Crippen molar-refractivity contribution in [3.8, 4) is 0 Å². The van der Waals surface area contributed by atoms with Crippen LogP contribution in [0.5, 0.6) is 0 Å². The SMILES string of the molecule is CCSc1ccc(N(C)CN2CCNCC2)cc1. The summed E-state index contributed by atoms with van der Waals surface area (Å²) in [6, 6.07) is 8.88. The van der Waals surface area contributed by atoms with Gasteiger partial charge in [0.25, 0.3) is 0 Å². The van der Waals surface area contributed by atoms with Gasteiger partial charge in [-0.15, -0.1) is 11.8 Å². The molecule has 0 saturated carbocycles. The monoisotopic (exact) mass is 265 g/mol. The number of benzene rings is 1. The van der Waals surface area contributed by atoms with E-state index in [0.717, 1.165) is 38.6 Å². The maximum absolute atomic E-state index is 3.39. The summed E-state index contributed by atoms with van der Waals surface area (Å²) in [4.78, 5) is 6.17. The van der Waals surface area contributed by atoms with Crippen molar-refractivity contribution in [2.75, 3.05) is 50.5 Å². The Morgan fingerprint density at radius 1 is 1.22 bits per heavy atom. The summed E-state index contributed by atoms with van der Waals surface area (Å²) in [6.45, 7) is 7.72. The quantitative estimate of drug-likeness (QED) is 0.822. The highest BCUT2D eigenvalue weighted by molar-refractivity contribution is 7.99. The number of rotatable bonds is 5. The molecule has 0 aliphatic carbocycles. The second kappa shape index (κ2) is 7.02. The third kappa shape index (κ3) is 3.90. The first-order chi connectivity index (χ1) is 8.79. The standard InChI is InChI=1S/C14H23N3S/c1-3-18-14-6-4-13(5-7-14)16(2)12-17-10-8-15-9-11-17/h4-7,15H,3,8-12H2,1-2H3. The Kier molecular flexibility index (Phi) is 5.35. The first-order valence-electron chi connectivity index (χ1n) is 6.66. The summed E-state index contributed by atoms with van der Waals surface area (Å²) < 4.78 is 0. The molecule has 1 aliphatic heterocycles. The largest absolute Gasteiger partial charge is 0.362 e. The molecule has 4 heteroatoms. The maximum Gasteiger partial charge on any atom is 0.0704 e. The molecule has 18 heavy (non-hydrogen) atoms. The van der Waals surface area contributed by atoms with Gasteiger partial charge in [-0.05, 0) is 30.0 Å². The van der Waals surface area contributed by atoms with Crippen molar-refractivity contribution in [1.29, 1.82) is 0 Å². The lowest BCUT2D eigenvalue weighted by Crippen LogP contribution is -2.47. The maximum atomic E-state index is 3.39. The number of piperazine rings is 1. The predicted molar refractivity (Wildman–Crippen MR) is 80.6 cm³/mol. The fraction of sp³-hybridized carbons (Fsp3) is 0.571. The van der Waals surface area contributed by atoms with E-state index in [1.807, 2.05) is 11.8 Å². The van der Waals surface area contributed by atoms with E-state index < -0.39 is 0 Å². The van der Waals surface area contributed by atoms with Crippen LogP contribution in [0.25, 0.3) is 0 Å². The second-order valence-electron chi connectivity index (χ2n) is 4.63. The molecule has 2 rings (SSSR count). The minimum absolute atomic E-state index is 1.02. The number of nitrogens with one attached hydrogen (secondary N) is 1. The summed E-state index contributed by atoms with van der Waals surface area (Å²) in [6.07, 6.45) is 0. The van der Waals surface area contributed by atoms with Crippen molar-refractivity contribution in [3.63, 3.8) is 0 Å². The lowest BCUT2D eigenvalue weighted by molar-refractivity contribution is 0.243. The summed E-state index contributed by atoms with van der Waals surface area (Å²) >= 11 is 1.89. The van der Waals surface area contributed by atoms with Gasteiger partial charge in [0.2, 0.25) is 0 Å². The Morgan fingerprint density at radius 2 is 1.89 bits per heavy atom. The van der Waals surface area contributed by atoms with Gasteiger partial charge in [0, 0.05) is 43.8 Å². The zero-order valence-corrected chi connectivity index (χ0v) is 12.2. The number of hydrogen-bond acceptors (Lipinski definition) is 4. The summed E-state index contributed by atoms with van der Waals surface area (Å²) in [5, 5.41) is 3.39. The van der Waals surface area contributed by atoms with Gasteiger partial charge in [0.15, 0.2) is 0 Å². The molecule has 3 nitrogen and oxygen atoms in total. The Balaban J connectivity index is 1.89.